The van der Waals surface area contributed by atoms with E-state index < -0.39 is 0 Å². The summed E-state index contributed by atoms with van der Waals surface area (Å²) in [6.45, 7) is 0. The molecule has 2 heterocycles. The van der Waals surface area contributed by atoms with Crippen LogP contribution in [-0.2, 0) is 0 Å². The minimum absolute atomic E-state index is 0.528. The summed E-state index contributed by atoms with van der Waals surface area (Å²) in [7, 11) is 0. The van der Waals surface area contributed by atoms with Crippen LogP contribution in [-0.4, -0.2) is 23.0 Å². The van der Waals surface area contributed by atoms with Gasteiger partial charge >= 0.3 is 0 Å². The summed E-state index contributed by atoms with van der Waals surface area (Å²) in [6.07, 6.45) is 51.7. The van der Waals surface area contributed by atoms with Crippen LogP contribution in [0.2, 0.25) is 0 Å². The topological polar surface area (TPSA) is 6.48 Å². The summed E-state index contributed by atoms with van der Waals surface area (Å²) in [6, 6.07) is 11.5. The Kier molecular flexibility index (Phi) is 8.42. The van der Waals surface area contributed by atoms with Crippen LogP contribution in [0.4, 0.5) is 5.69 Å². The van der Waals surface area contributed by atoms with E-state index in [4.69, 9.17) is 0 Å². The molecule has 0 radical (unpaired) electrons. The second kappa shape index (κ2) is 13.4. The van der Waals surface area contributed by atoms with Crippen molar-refractivity contribution in [3.05, 3.63) is 125 Å². The van der Waals surface area contributed by atoms with E-state index in [0.717, 1.165) is 17.8 Å². The zero-order valence-electron chi connectivity index (χ0n) is 30.2. The monoisotopic (exact) mass is 662 g/mol. The second-order valence-corrected chi connectivity index (χ2v) is 17.4. The number of anilines is 1. The quantitative estimate of drug-likeness (QED) is 0.290. The van der Waals surface area contributed by atoms with Crippen molar-refractivity contribution in [2.75, 3.05) is 4.90 Å². The molecule has 2 fully saturated rings. The Bertz CT molecular complexity index is 1700. The third-order valence-electron chi connectivity index (χ3n) is 14.8. The Hall–Kier alpha value is -3.26. The van der Waals surface area contributed by atoms with Crippen molar-refractivity contribution in [1.82, 2.24) is 4.90 Å². The summed E-state index contributed by atoms with van der Waals surface area (Å²) >= 11 is 0. The predicted octanol–water partition coefficient (Wildman–Crippen LogP) is 11.9. The van der Waals surface area contributed by atoms with Crippen molar-refractivity contribution in [3.8, 4) is 0 Å². The summed E-state index contributed by atoms with van der Waals surface area (Å²) in [5.41, 5.74) is 9.59. The SMILES string of the molecule is C1=CC2=C(CC1)C1C=CC(C3C=CC4C(C3)C3CCC=CC3N4c3cccc(C4CCCCC4)c3)CC1N2C1=CC(C2CC=CCC2)=CCC1. The molecule has 0 amide bonds. The van der Waals surface area contributed by atoms with E-state index in [1.54, 1.807) is 28.1 Å². The van der Waals surface area contributed by atoms with Gasteiger partial charge < -0.3 is 9.80 Å². The maximum Gasteiger partial charge on any atom is 0.0511 e. The van der Waals surface area contributed by atoms with Gasteiger partial charge in [-0.15, -0.1) is 0 Å². The van der Waals surface area contributed by atoms with Gasteiger partial charge in [-0.2, -0.15) is 0 Å². The number of hydrogen-bond acceptors (Lipinski definition) is 2. The van der Waals surface area contributed by atoms with E-state index >= 15 is 0 Å². The number of allylic oxidation sites excluding steroid dienone is 11. The van der Waals surface area contributed by atoms with E-state index in [0.29, 0.717) is 41.8 Å². The van der Waals surface area contributed by atoms with Gasteiger partial charge in [0.1, 0.15) is 0 Å². The van der Waals surface area contributed by atoms with Gasteiger partial charge in [-0.25, -0.2) is 0 Å². The van der Waals surface area contributed by atoms with E-state index in [2.05, 4.69) is 107 Å². The Morgan fingerprint density at radius 2 is 1.54 bits per heavy atom. The van der Waals surface area contributed by atoms with Crippen LogP contribution in [0, 0.1) is 35.5 Å². The maximum absolute atomic E-state index is 2.88. The van der Waals surface area contributed by atoms with Crippen LogP contribution < -0.4 is 4.90 Å². The molecular formula is C48H58N2. The Balaban J connectivity index is 0.921. The average Bonchev–Trinajstić information content (AvgIpc) is 3.71. The van der Waals surface area contributed by atoms with Gasteiger partial charge in [0.25, 0.3) is 0 Å². The molecule has 0 spiro atoms. The molecule has 1 aromatic carbocycles. The summed E-state index contributed by atoms with van der Waals surface area (Å²) in [5.74, 6) is 4.85. The lowest BCUT2D eigenvalue weighted by atomic mass is 9.68. The molecular weight excluding hydrogens is 605 g/mol. The van der Waals surface area contributed by atoms with Crippen molar-refractivity contribution in [2.45, 2.75) is 127 Å². The maximum atomic E-state index is 2.88. The lowest BCUT2D eigenvalue weighted by molar-refractivity contribution is 0.205. The molecule has 2 nitrogen and oxygen atoms in total. The number of fused-ring (bicyclic) bond motifs is 5. The molecule has 9 unspecified atom stereocenters. The highest BCUT2D eigenvalue weighted by molar-refractivity contribution is 5.56. The van der Waals surface area contributed by atoms with Gasteiger partial charge in [-0.05, 0) is 160 Å². The Morgan fingerprint density at radius 1 is 0.660 bits per heavy atom. The number of nitrogens with zero attached hydrogens (tertiary/aromatic N) is 2. The number of hydrogen-bond donors (Lipinski definition) is 0. The Morgan fingerprint density at radius 3 is 2.46 bits per heavy atom. The predicted molar refractivity (Wildman–Crippen MR) is 209 cm³/mol. The molecule has 0 N–H and O–H groups in total. The van der Waals surface area contributed by atoms with Crippen LogP contribution in [0.1, 0.15) is 114 Å². The van der Waals surface area contributed by atoms with Crippen LogP contribution in [0.3, 0.4) is 0 Å². The van der Waals surface area contributed by atoms with Crippen LogP contribution >= 0.6 is 0 Å². The molecule has 2 aliphatic heterocycles. The molecule has 1 saturated carbocycles. The average molecular weight is 663 g/mol. The highest BCUT2D eigenvalue weighted by atomic mass is 15.2. The molecule has 9 atom stereocenters. The van der Waals surface area contributed by atoms with Crippen LogP contribution in [0.25, 0.3) is 0 Å². The Labute approximate surface area is 302 Å². The molecule has 9 aliphatic rings. The van der Waals surface area contributed by atoms with Gasteiger partial charge in [0, 0.05) is 29.0 Å². The third kappa shape index (κ3) is 5.50. The molecule has 0 bridgehead atoms. The summed E-state index contributed by atoms with van der Waals surface area (Å²) in [4.78, 5) is 5.74. The highest BCUT2D eigenvalue weighted by Crippen LogP contribution is 2.53. The van der Waals surface area contributed by atoms with Crippen LogP contribution in [0.15, 0.2) is 120 Å². The molecule has 50 heavy (non-hydrogen) atoms. The minimum Gasteiger partial charge on any atom is -0.358 e. The minimum atomic E-state index is 0.528. The highest BCUT2D eigenvalue weighted by Gasteiger charge is 2.51. The summed E-state index contributed by atoms with van der Waals surface area (Å²) < 4.78 is 0. The lowest BCUT2D eigenvalue weighted by Gasteiger charge is -2.41. The molecule has 0 aromatic heterocycles. The standard InChI is InChI=1S/C48H58N2/c1-3-13-33(14-4-1)35-17-11-19-39(29-35)49-46-24-10-8-22-42(46)44-31-37(26-28-47(44)49)38-25-27-43-41-21-7-9-23-45(41)50(48(43)32-38)40-20-12-18-36(30-40)34-15-5-2-6-16-34/h2,5,9-11,17-19,23-30,33-34,37-38,42-44,46-48H,1,3-4,6-8,12-16,20-22,31-32H2. The third-order valence-corrected chi connectivity index (χ3v) is 14.8. The second-order valence-electron chi connectivity index (χ2n) is 17.4. The lowest BCUT2D eigenvalue weighted by Crippen LogP contribution is -2.40. The largest absolute Gasteiger partial charge is 0.358 e. The fourth-order valence-electron chi connectivity index (χ4n) is 12.4. The molecule has 1 aromatic rings. The smallest absolute Gasteiger partial charge is 0.0511 e. The van der Waals surface area contributed by atoms with Crippen molar-refractivity contribution >= 4 is 5.69 Å². The van der Waals surface area contributed by atoms with E-state index in [-0.39, 0.29) is 0 Å². The zero-order valence-corrected chi connectivity index (χ0v) is 30.2. The van der Waals surface area contributed by atoms with Gasteiger partial charge in [0.15, 0.2) is 0 Å². The van der Waals surface area contributed by atoms with Gasteiger partial charge in [0.2, 0.25) is 0 Å². The van der Waals surface area contributed by atoms with Gasteiger partial charge in [-0.1, -0.05) is 92.2 Å². The first-order valence-corrected chi connectivity index (χ1v) is 21.0. The normalized spacial score (nSPS) is 37.7. The van der Waals surface area contributed by atoms with Crippen molar-refractivity contribution in [1.29, 1.82) is 0 Å². The van der Waals surface area contributed by atoms with Crippen molar-refractivity contribution < 1.29 is 0 Å². The van der Waals surface area contributed by atoms with E-state index in [1.807, 2.05) is 0 Å². The molecule has 260 valence electrons. The number of rotatable bonds is 5. The van der Waals surface area contributed by atoms with Crippen LogP contribution in [0.5, 0.6) is 0 Å². The van der Waals surface area contributed by atoms with Gasteiger partial charge in [0.05, 0.1) is 12.1 Å². The number of benzene rings is 1. The fraction of sp³-hybridized carbons (Fsp3) is 0.542. The van der Waals surface area contributed by atoms with Crippen molar-refractivity contribution in [3.63, 3.8) is 0 Å². The molecule has 2 heteroatoms. The van der Waals surface area contributed by atoms with Gasteiger partial charge in [-0.3, -0.25) is 0 Å². The summed E-state index contributed by atoms with van der Waals surface area (Å²) in [5, 5.41) is 0. The first-order valence-electron chi connectivity index (χ1n) is 21.0. The molecule has 10 rings (SSSR count). The first-order chi connectivity index (χ1) is 24.8. The zero-order chi connectivity index (χ0) is 33.0. The first kappa shape index (κ1) is 31.5. The molecule has 7 aliphatic carbocycles. The fourth-order valence-corrected chi connectivity index (χ4v) is 12.4. The van der Waals surface area contributed by atoms with E-state index in [1.165, 1.54) is 108 Å². The van der Waals surface area contributed by atoms with Crippen molar-refractivity contribution in [2.24, 2.45) is 35.5 Å². The molecule has 1 saturated heterocycles. The van der Waals surface area contributed by atoms with E-state index in [9.17, 15) is 0 Å².